The Morgan fingerprint density at radius 2 is 1.97 bits per heavy atom. The monoisotopic (exact) mass is 504 g/mol. The van der Waals surface area contributed by atoms with E-state index in [1.807, 2.05) is 4.90 Å². The van der Waals surface area contributed by atoms with Crippen LogP contribution in [-0.4, -0.2) is 81.1 Å². The molecule has 0 radical (unpaired) electrons. The van der Waals surface area contributed by atoms with E-state index in [1.165, 1.54) is 12.5 Å². The average molecular weight is 505 g/mol. The van der Waals surface area contributed by atoms with E-state index in [0.29, 0.717) is 25.9 Å². The maximum Gasteiger partial charge on any atom is 0.311 e. The Bertz CT molecular complexity index is 843. The van der Waals surface area contributed by atoms with Crippen LogP contribution in [0.3, 0.4) is 0 Å². The molecule has 0 aromatic rings. The van der Waals surface area contributed by atoms with Gasteiger partial charge in [0, 0.05) is 31.0 Å². The number of fused-ring (bicyclic) bond motifs is 1. The van der Waals surface area contributed by atoms with Gasteiger partial charge in [-0.15, -0.1) is 18.3 Å². The van der Waals surface area contributed by atoms with E-state index in [-0.39, 0.29) is 48.2 Å². The molecule has 1 spiro atoms. The summed E-state index contributed by atoms with van der Waals surface area (Å²) in [6.07, 6.45) is 10.7. The summed E-state index contributed by atoms with van der Waals surface area (Å²) >= 11 is 1.68. The van der Waals surface area contributed by atoms with Crippen LogP contribution in [0.4, 0.5) is 0 Å². The standard InChI is InChI=1S/C27H40N2O5S/c1-4-13-28(19-11-7-6-8-12-19)25(32)23-27-18(3)17-20(35-27)21(26(33)34-16-5-2)22(27)24(31)29(23)14-9-10-15-30/h4-5,18-23,30H,1-2,6-17H2,3H3/t18?,20-,21+,22+,23?,27?/m1/s1. The van der Waals surface area contributed by atoms with Gasteiger partial charge >= 0.3 is 5.97 Å². The molecular weight excluding hydrogens is 464 g/mol. The third kappa shape index (κ3) is 4.45. The number of carbonyl (C=O) groups excluding carboxylic acids is 3. The SMILES string of the molecule is C=CCOC(=O)[C@@H]1[C@H]2C(=O)N(CCCCO)C(C(=O)N(CC=C)C3CCCCC3)C23S[C@@H]1CC3C. The Kier molecular flexibility index (Phi) is 8.31. The molecule has 1 aliphatic carbocycles. The summed E-state index contributed by atoms with van der Waals surface area (Å²) in [5, 5.41) is 9.33. The van der Waals surface area contributed by atoms with Gasteiger partial charge in [0.2, 0.25) is 11.8 Å². The summed E-state index contributed by atoms with van der Waals surface area (Å²) in [6.45, 7) is 10.7. The number of unbranched alkanes of at least 4 members (excludes halogenated alkanes) is 1. The number of hydrogen-bond acceptors (Lipinski definition) is 6. The van der Waals surface area contributed by atoms with Crippen LogP contribution in [0.2, 0.25) is 0 Å². The first kappa shape index (κ1) is 26.3. The quantitative estimate of drug-likeness (QED) is 0.264. The van der Waals surface area contributed by atoms with Crippen LogP contribution in [0.1, 0.15) is 58.3 Å². The van der Waals surface area contributed by atoms with Crippen molar-refractivity contribution in [3.63, 3.8) is 0 Å². The molecule has 2 amide bonds. The number of rotatable bonds is 11. The normalized spacial score (nSPS) is 34.1. The summed E-state index contributed by atoms with van der Waals surface area (Å²) in [4.78, 5) is 45.3. The third-order valence-corrected chi connectivity index (χ3v) is 10.6. The molecule has 4 rings (SSSR count). The molecule has 2 bridgehead atoms. The lowest BCUT2D eigenvalue weighted by atomic mass is 9.66. The molecule has 0 aromatic heterocycles. The lowest BCUT2D eigenvalue weighted by Crippen LogP contribution is -2.59. The molecule has 3 unspecified atom stereocenters. The van der Waals surface area contributed by atoms with E-state index in [1.54, 1.807) is 22.7 Å². The fourth-order valence-electron chi connectivity index (χ4n) is 7.05. The van der Waals surface area contributed by atoms with Crippen molar-refractivity contribution >= 4 is 29.5 Å². The molecule has 1 N–H and O–H groups in total. The zero-order valence-electron chi connectivity index (χ0n) is 20.9. The minimum absolute atomic E-state index is 0.00300. The van der Waals surface area contributed by atoms with Crippen LogP contribution >= 0.6 is 11.8 Å². The molecule has 4 fully saturated rings. The average Bonchev–Trinajstić information content (AvgIpc) is 3.45. The van der Waals surface area contributed by atoms with Gasteiger partial charge in [0.05, 0.1) is 16.6 Å². The largest absolute Gasteiger partial charge is 0.461 e. The maximum absolute atomic E-state index is 14.4. The Morgan fingerprint density at radius 1 is 1.23 bits per heavy atom. The van der Waals surface area contributed by atoms with Crippen molar-refractivity contribution in [3.05, 3.63) is 25.3 Å². The number of hydrogen-bond donors (Lipinski definition) is 1. The number of amides is 2. The highest BCUT2D eigenvalue weighted by molar-refractivity contribution is 8.02. The number of likely N-dealkylation sites (tertiary alicyclic amines) is 1. The predicted octanol–water partition coefficient (Wildman–Crippen LogP) is 3.17. The van der Waals surface area contributed by atoms with Crippen molar-refractivity contribution in [1.82, 2.24) is 9.80 Å². The minimum Gasteiger partial charge on any atom is -0.461 e. The van der Waals surface area contributed by atoms with Gasteiger partial charge in [0.15, 0.2) is 0 Å². The van der Waals surface area contributed by atoms with Gasteiger partial charge in [-0.05, 0) is 38.0 Å². The number of carbonyl (C=O) groups is 3. The summed E-state index contributed by atoms with van der Waals surface area (Å²) in [6, 6.07) is -0.450. The molecule has 3 aliphatic heterocycles. The van der Waals surface area contributed by atoms with Crippen LogP contribution < -0.4 is 0 Å². The molecule has 35 heavy (non-hydrogen) atoms. The fraction of sp³-hybridized carbons (Fsp3) is 0.741. The maximum atomic E-state index is 14.4. The molecule has 194 valence electrons. The van der Waals surface area contributed by atoms with Crippen molar-refractivity contribution in [2.24, 2.45) is 17.8 Å². The number of aliphatic hydroxyl groups excluding tert-OH is 1. The zero-order chi connectivity index (χ0) is 25.2. The first-order chi connectivity index (χ1) is 16.9. The van der Waals surface area contributed by atoms with Crippen LogP contribution in [0.5, 0.6) is 0 Å². The van der Waals surface area contributed by atoms with E-state index in [9.17, 15) is 19.5 Å². The van der Waals surface area contributed by atoms with Crippen LogP contribution in [0.25, 0.3) is 0 Å². The fourth-order valence-corrected chi connectivity index (χ4v) is 9.45. The Hall–Kier alpha value is -1.80. The molecule has 6 atom stereocenters. The number of ether oxygens (including phenoxy) is 1. The van der Waals surface area contributed by atoms with Crippen LogP contribution in [0.15, 0.2) is 25.3 Å². The van der Waals surface area contributed by atoms with Gasteiger partial charge in [0.25, 0.3) is 0 Å². The van der Waals surface area contributed by atoms with Crippen molar-refractivity contribution in [2.45, 2.75) is 80.4 Å². The number of esters is 1. The van der Waals surface area contributed by atoms with Gasteiger partial charge in [0.1, 0.15) is 12.6 Å². The second-order valence-corrected chi connectivity index (χ2v) is 12.1. The zero-order valence-corrected chi connectivity index (χ0v) is 21.7. The highest BCUT2D eigenvalue weighted by atomic mass is 32.2. The number of nitrogens with zero attached hydrogens (tertiary/aromatic N) is 2. The molecule has 3 heterocycles. The predicted molar refractivity (Wildman–Crippen MR) is 137 cm³/mol. The number of aliphatic hydroxyl groups is 1. The summed E-state index contributed by atoms with van der Waals surface area (Å²) in [5.41, 5.74) is 0. The van der Waals surface area contributed by atoms with E-state index in [4.69, 9.17) is 4.74 Å². The second kappa shape index (κ2) is 11.1. The van der Waals surface area contributed by atoms with E-state index in [2.05, 4.69) is 20.1 Å². The lowest BCUT2D eigenvalue weighted by molar-refractivity contribution is -0.153. The van der Waals surface area contributed by atoms with Gasteiger partial charge in [-0.25, -0.2) is 0 Å². The van der Waals surface area contributed by atoms with Gasteiger partial charge in [-0.3, -0.25) is 14.4 Å². The highest BCUT2D eigenvalue weighted by Gasteiger charge is 2.76. The first-order valence-corrected chi connectivity index (χ1v) is 14.1. The van der Waals surface area contributed by atoms with Gasteiger partial charge in [-0.2, -0.15) is 0 Å². The summed E-state index contributed by atoms with van der Waals surface area (Å²) in [5.74, 6) is -1.43. The smallest absolute Gasteiger partial charge is 0.311 e. The Morgan fingerprint density at radius 3 is 2.63 bits per heavy atom. The van der Waals surface area contributed by atoms with E-state index in [0.717, 1.165) is 32.1 Å². The van der Waals surface area contributed by atoms with Crippen molar-refractivity contribution in [3.8, 4) is 0 Å². The van der Waals surface area contributed by atoms with Crippen LogP contribution in [0, 0.1) is 17.8 Å². The van der Waals surface area contributed by atoms with E-state index < -0.39 is 22.6 Å². The molecule has 1 saturated carbocycles. The van der Waals surface area contributed by atoms with Crippen LogP contribution in [-0.2, 0) is 19.1 Å². The highest BCUT2D eigenvalue weighted by Crippen LogP contribution is 2.68. The molecule has 8 heteroatoms. The topological polar surface area (TPSA) is 87.1 Å². The minimum atomic E-state index is -0.635. The third-order valence-electron chi connectivity index (χ3n) is 8.53. The van der Waals surface area contributed by atoms with Gasteiger partial charge in [-0.1, -0.05) is 44.9 Å². The Balaban J connectivity index is 1.72. The molecule has 7 nitrogen and oxygen atoms in total. The molecule has 0 aromatic carbocycles. The first-order valence-electron chi connectivity index (χ1n) is 13.2. The second-order valence-electron chi connectivity index (χ2n) is 10.5. The van der Waals surface area contributed by atoms with Crippen molar-refractivity contribution in [2.75, 3.05) is 26.3 Å². The molecular formula is C27H40N2O5S. The van der Waals surface area contributed by atoms with E-state index >= 15 is 0 Å². The molecule has 3 saturated heterocycles. The van der Waals surface area contributed by atoms with Gasteiger partial charge < -0.3 is 19.6 Å². The number of thioether (sulfide) groups is 1. The molecule has 4 aliphatic rings. The summed E-state index contributed by atoms with van der Waals surface area (Å²) in [7, 11) is 0. The van der Waals surface area contributed by atoms with Crippen molar-refractivity contribution < 1.29 is 24.2 Å². The Labute approximate surface area is 213 Å². The lowest BCUT2D eigenvalue weighted by Gasteiger charge is -2.43. The summed E-state index contributed by atoms with van der Waals surface area (Å²) < 4.78 is 4.81. The van der Waals surface area contributed by atoms with Crippen molar-refractivity contribution in [1.29, 1.82) is 0 Å².